The van der Waals surface area contributed by atoms with Crippen molar-refractivity contribution in [2.24, 2.45) is 0 Å². The number of nitrogens with zero attached hydrogens (tertiary/aromatic N) is 1. The number of benzene rings is 1. The molecule has 140 valence electrons. The predicted octanol–water partition coefficient (Wildman–Crippen LogP) is 4.94. The van der Waals surface area contributed by atoms with E-state index in [2.05, 4.69) is 64.8 Å². The van der Waals surface area contributed by atoms with Crippen molar-refractivity contribution >= 4 is 63.8 Å². The smallest absolute Gasteiger partial charge is 0.407 e. The first kappa shape index (κ1) is 20.9. The molecule has 1 aliphatic heterocycles. The van der Waals surface area contributed by atoms with Gasteiger partial charge in [-0.25, -0.2) is 4.79 Å². The second-order valence-corrected chi connectivity index (χ2v) is 8.97. The minimum Gasteiger partial charge on any atom is -0.444 e. The third-order valence-electron chi connectivity index (χ3n) is 3.51. The van der Waals surface area contributed by atoms with Crippen molar-refractivity contribution in [2.45, 2.75) is 39.0 Å². The van der Waals surface area contributed by atoms with Gasteiger partial charge in [0.05, 0.1) is 27.2 Å². The molecule has 0 saturated carbocycles. The Bertz CT molecular complexity index is 600. The van der Waals surface area contributed by atoms with Crippen LogP contribution >= 0.6 is 46.3 Å². The summed E-state index contributed by atoms with van der Waals surface area (Å²) in [5.74, 6) is 0. The number of hydrogen-bond acceptors (Lipinski definition) is 6. The summed E-state index contributed by atoms with van der Waals surface area (Å²) in [5.41, 5.74) is 1.74. The molecular weight excluding hydrogens is 521 g/mol. The maximum atomic E-state index is 11.8. The van der Waals surface area contributed by atoms with Gasteiger partial charge in [-0.15, -0.1) is 0 Å². The third-order valence-corrected chi connectivity index (χ3v) is 5.02. The highest BCUT2D eigenvalue weighted by Crippen LogP contribution is 2.37. The highest BCUT2D eigenvalue weighted by Gasteiger charge is 2.28. The average molecular weight is 544 g/mol. The van der Waals surface area contributed by atoms with E-state index in [1.54, 1.807) is 0 Å². The van der Waals surface area contributed by atoms with Gasteiger partial charge in [-0.1, -0.05) is 15.9 Å². The van der Waals surface area contributed by atoms with Gasteiger partial charge in [0.25, 0.3) is 0 Å². The standard InChI is InChI=1S/C16H23BrIN3O3S/c1-16(2,3)24-15(22)19-7-6-14-20-12-10-11(17)4-5-13(12)21(14)8-9-23-25-18/h4-5,10,14,20H,6-9H2,1-3H3,(H,19,22). The van der Waals surface area contributed by atoms with Crippen molar-refractivity contribution in [1.29, 1.82) is 0 Å². The van der Waals surface area contributed by atoms with E-state index in [-0.39, 0.29) is 12.3 Å². The molecule has 1 aliphatic rings. The van der Waals surface area contributed by atoms with Crippen molar-refractivity contribution in [3.63, 3.8) is 0 Å². The molecule has 1 aromatic rings. The summed E-state index contributed by atoms with van der Waals surface area (Å²) in [6, 6.07) is 6.19. The van der Waals surface area contributed by atoms with Crippen LogP contribution in [0.2, 0.25) is 0 Å². The van der Waals surface area contributed by atoms with Gasteiger partial charge in [-0.05, 0) is 39.0 Å². The molecule has 1 amide bonds. The fourth-order valence-electron chi connectivity index (χ4n) is 2.60. The summed E-state index contributed by atoms with van der Waals surface area (Å²) >= 11 is 5.62. The van der Waals surface area contributed by atoms with E-state index >= 15 is 0 Å². The normalized spacial score (nSPS) is 16.4. The Morgan fingerprint density at radius 2 is 2.24 bits per heavy atom. The zero-order chi connectivity index (χ0) is 18.4. The molecule has 1 aromatic carbocycles. The van der Waals surface area contributed by atoms with E-state index in [4.69, 9.17) is 8.92 Å². The average Bonchev–Trinajstić information content (AvgIpc) is 2.82. The molecule has 0 aliphatic carbocycles. The van der Waals surface area contributed by atoms with Crippen LogP contribution in [0.25, 0.3) is 0 Å². The molecule has 0 fully saturated rings. The fourth-order valence-corrected chi connectivity index (χ4v) is 3.63. The van der Waals surface area contributed by atoms with Crippen LogP contribution in [-0.4, -0.2) is 37.6 Å². The summed E-state index contributed by atoms with van der Waals surface area (Å²) in [4.78, 5) is 14.1. The monoisotopic (exact) mass is 543 g/mol. The summed E-state index contributed by atoms with van der Waals surface area (Å²) in [5, 5.41) is 6.33. The molecular formula is C16H23BrIN3O3S. The number of anilines is 2. The van der Waals surface area contributed by atoms with Crippen LogP contribution in [0.3, 0.4) is 0 Å². The van der Waals surface area contributed by atoms with Crippen molar-refractivity contribution in [3.8, 4) is 0 Å². The summed E-state index contributed by atoms with van der Waals surface area (Å²) < 4.78 is 11.7. The number of rotatable bonds is 7. The molecule has 2 rings (SSSR count). The Morgan fingerprint density at radius 3 is 2.92 bits per heavy atom. The Balaban J connectivity index is 1.93. The lowest BCUT2D eigenvalue weighted by molar-refractivity contribution is 0.0526. The van der Waals surface area contributed by atoms with Gasteiger partial charge < -0.3 is 24.5 Å². The Hall–Kier alpha value is -0.390. The summed E-state index contributed by atoms with van der Waals surface area (Å²) in [6.45, 7) is 7.49. The number of ether oxygens (including phenoxy) is 1. The summed E-state index contributed by atoms with van der Waals surface area (Å²) in [6.07, 6.45) is 0.465. The number of hydrogen-bond donors (Lipinski definition) is 2. The topological polar surface area (TPSA) is 62.8 Å². The molecule has 0 saturated heterocycles. The predicted molar refractivity (Wildman–Crippen MR) is 115 cm³/mol. The van der Waals surface area contributed by atoms with Crippen molar-refractivity contribution in [3.05, 3.63) is 22.7 Å². The van der Waals surface area contributed by atoms with E-state index in [9.17, 15) is 4.79 Å². The molecule has 0 bridgehead atoms. The second kappa shape index (κ2) is 9.52. The minimum absolute atomic E-state index is 0.0991. The van der Waals surface area contributed by atoms with Crippen LogP contribution in [0.15, 0.2) is 22.7 Å². The number of carbonyl (C=O) groups excluding carboxylic acids is 1. The lowest BCUT2D eigenvalue weighted by atomic mass is 10.2. The number of nitrogens with one attached hydrogen (secondary N) is 2. The number of fused-ring (bicyclic) bond motifs is 1. The molecule has 0 aromatic heterocycles. The molecule has 1 unspecified atom stereocenters. The maximum Gasteiger partial charge on any atom is 0.407 e. The lowest BCUT2D eigenvalue weighted by Gasteiger charge is -2.27. The van der Waals surface area contributed by atoms with E-state index in [1.807, 2.05) is 26.8 Å². The minimum atomic E-state index is -0.487. The Morgan fingerprint density at radius 1 is 1.48 bits per heavy atom. The fraction of sp³-hybridized carbons (Fsp3) is 0.562. The molecule has 25 heavy (non-hydrogen) atoms. The molecule has 0 radical (unpaired) electrons. The zero-order valence-electron chi connectivity index (χ0n) is 14.5. The largest absolute Gasteiger partial charge is 0.444 e. The van der Waals surface area contributed by atoms with E-state index < -0.39 is 5.60 Å². The van der Waals surface area contributed by atoms with Gasteiger partial charge >= 0.3 is 6.09 Å². The number of halogens is 2. The van der Waals surface area contributed by atoms with Crippen LogP contribution in [0.4, 0.5) is 16.2 Å². The molecule has 1 heterocycles. The SMILES string of the molecule is CC(C)(C)OC(=O)NCCC1Nc2cc(Br)ccc2N1CCOSI. The second-order valence-electron chi connectivity index (χ2n) is 6.62. The maximum absolute atomic E-state index is 11.8. The Kier molecular flexibility index (Phi) is 7.96. The van der Waals surface area contributed by atoms with Gasteiger partial charge in [0.15, 0.2) is 0 Å². The van der Waals surface area contributed by atoms with Crippen molar-refractivity contribution in [1.82, 2.24) is 5.32 Å². The molecule has 6 nitrogen and oxygen atoms in total. The van der Waals surface area contributed by atoms with Gasteiger partial charge in [-0.2, -0.15) is 0 Å². The first-order valence-electron chi connectivity index (χ1n) is 8.00. The van der Waals surface area contributed by atoms with Crippen LogP contribution in [0.5, 0.6) is 0 Å². The summed E-state index contributed by atoms with van der Waals surface area (Å²) in [7, 11) is 1.34. The first-order chi connectivity index (χ1) is 11.8. The van der Waals surface area contributed by atoms with E-state index in [1.165, 1.54) is 9.21 Å². The number of alkyl carbamates (subject to hydrolysis) is 1. The van der Waals surface area contributed by atoms with E-state index in [0.717, 1.165) is 28.8 Å². The van der Waals surface area contributed by atoms with E-state index in [0.29, 0.717) is 13.2 Å². The van der Waals surface area contributed by atoms with Crippen LogP contribution < -0.4 is 15.5 Å². The van der Waals surface area contributed by atoms with Gasteiger partial charge in [0.2, 0.25) is 0 Å². The molecule has 1 atom stereocenters. The van der Waals surface area contributed by atoms with Gasteiger partial charge in [-0.3, -0.25) is 0 Å². The molecule has 9 heteroatoms. The van der Waals surface area contributed by atoms with Crippen molar-refractivity contribution < 1.29 is 13.7 Å². The number of carbonyl (C=O) groups is 1. The lowest BCUT2D eigenvalue weighted by Crippen LogP contribution is -2.41. The Labute approximate surface area is 173 Å². The third kappa shape index (κ3) is 6.69. The number of amides is 1. The van der Waals surface area contributed by atoms with Crippen molar-refractivity contribution in [2.75, 3.05) is 29.9 Å². The first-order valence-corrected chi connectivity index (χ1v) is 12.1. The zero-order valence-corrected chi connectivity index (χ0v) is 19.0. The highest BCUT2D eigenvalue weighted by atomic mass is 127. The quantitative estimate of drug-likeness (QED) is 0.289. The van der Waals surface area contributed by atoms with Gasteiger partial charge in [0, 0.05) is 45.2 Å². The molecule has 2 N–H and O–H groups in total. The highest BCUT2D eigenvalue weighted by molar-refractivity contribution is 14.2. The van der Waals surface area contributed by atoms with Crippen LogP contribution in [0, 0.1) is 0 Å². The molecule has 0 spiro atoms. The van der Waals surface area contributed by atoms with Crippen LogP contribution in [0.1, 0.15) is 27.2 Å². The van der Waals surface area contributed by atoms with Crippen LogP contribution in [-0.2, 0) is 8.92 Å². The van der Waals surface area contributed by atoms with Gasteiger partial charge in [0.1, 0.15) is 11.8 Å².